The van der Waals surface area contributed by atoms with E-state index in [1.54, 1.807) is 20.8 Å². The molecule has 3 heterocycles. The summed E-state index contributed by atoms with van der Waals surface area (Å²) in [6, 6.07) is -0.223. The van der Waals surface area contributed by atoms with Crippen LogP contribution in [0.3, 0.4) is 0 Å². The summed E-state index contributed by atoms with van der Waals surface area (Å²) in [5.41, 5.74) is -2.27. The summed E-state index contributed by atoms with van der Waals surface area (Å²) in [5.74, 6) is -4.10. The Labute approximate surface area is 255 Å². The van der Waals surface area contributed by atoms with Gasteiger partial charge in [-0.2, -0.15) is 0 Å². The second-order valence-electron chi connectivity index (χ2n) is 12.9. The van der Waals surface area contributed by atoms with E-state index in [4.69, 9.17) is 28.4 Å². The predicted octanol–water partition coefficient (Wildman–Crippen LogP) is 3.38. The first kappa shape index (κ1) is 34.9. The van der Waals surface area contributed by atoms with E-state index in [2.05, 4.69) is 6.58 Å². The number of methoxy groups -OCH3 is 1. The second-order valence-corrected chi connectivity index (χ2v) is 12.9. The molecule has 0 aromatic rings. The second kappa shape index (κ2) is 13.2. The Morgan fingerprint density at radius 2 is 1.74 bits per heavy atom. The van der Waals surface area contributed by atoms with Gasteiger partial charge < -0.3 is 33.3 Å². The topological polar surface area (TPSA) is 127 Å². The predicted molar refractivity (Wildman–Crippen MR) is 157 cm³/mol. The van der Waals surface area contributed by atoms with Crippen LogP contribution in [0.1, 0.15) is 68.2 Å². The zero-order valence-corrected chi connectivity index (χ0v) is 27.4. The Kier molecular flexibility index (Phi) is 10.7. The molecular weight excluding hydrogens is 558 g/mol. The van der Waals surface area contributed by atoms with Crippen LogP contribution in [0, 0.1) is 17.8 Å². The maximum atomic E-state index is 13.9. The van der Waals surface area contributed by atoms with Crippen LogP contribution in [0.25, 0.3) is 0 Å². The number of nitrogens with zero attached hydrogens (tertiary/aromatic N) is 1. The summed E-state index contributed by atoms with van der Waals surface area (Å²) in [6.07, 6.45) is -1.96. The maximum absolute atomic E-state index is 13.9. The highest BCUT2D eigenvalue weighted by Crippen LogP contribution is 2.43. The van der Waals surface area contributed by atoms with Crippen molar-refractivity contribution in [2.75, 3.05) is 21.2 Å². The van der Waals surface area contributed by atoms with Crippen molar-refractivity contribution in [2.24, 2.45) is 17.8 Å². The summed E-state index contributed by atoms with van der Waals surface area (Å²) >= 11 is 0. The fourth-order valence-electron chi connectivity index (χ4n) is 6.67. The largest absolute Gasteiger partial charge is 0.479 e. The van der Waals surface area contributed by atoms with Gasteiger partial charge in [-0.15, -0.1) is 0 Å². The number of Topliss-reactive ketones (excluding diaryl/α,β-unsaturated/α-hetero) is 2. The summed E-state index contributed by atoms with van der Waals surface area (Å²) < 4.78 is 36.8. The molecule has 0 spiro atoms. The van der Waals surface area contributed by atoms with Crippen molar-refractivity contribution in [3.8, 4) is 0 Å². The number of ketones is 2. The van der Waals surface area contributed by atoms with Gasteiger partial charge in [0.1, 0.15) is 11.7 Å². The minimum Gasteiger partial charge on any atom is -0.479 e. The van der Waals surface area contributed by atoms with E-state index in [9.17, 15) is 19.2 Å². The molecule has 0 amide bonds. The molecule has 2 saturated heterocycles. The normalized spacial score (nSPS) is 41.1. The van der Waals surface area contributed by atoms with Crippen LogP contribution in [0.2, 0.25) is 0 Å². The highest BCUT2D eigenvalue weighted by molar-refractivity contribution is 6.05. The molecule has 0 aliphatic carbocycles. The molecule has 3 aliphatic rings. The molecule has 0 unspecified atom stereocenters. The van der Waals surface area contributed by atoms with Crippen molar-refractivity contribution >= 4 is 23.5 Å². The van der Waals surface area contributed by atoms with Crippen molar-refractivity contribution in [1.82, 2.24) is 4.90 Å². The molecule has 11 atom stereocenters. The third-order valence-electron chi connectivity index (χ3n) is 9.23. The molecule has 2 bridgehead atoms. The van der Waals surface area contributed by atoms with Gasteiger partial charge in [-0.05, 0) is 67.6 Å². The van der Waals surface area contributed by atoms with Crippen molar-refractivity contribution in [3.05, 3.63) is 24.0 Å². The lowest BCUT2D eigenvalue weighted by atomic mass is 9.78. The van der Waals surface area contributed by atoms with Gasteiger partial charge in [0, 0.05) is 31.4 Å². The molecule has 11 heteroatoms. The molecule has 0 N–H and O–H groups in total. The van der Waals surface area contributed by atoms with Gasteiger partial charge in [0.2, 0.25) is 11.4 Å². The average molecular weight is 608 g/mol. The zero-order chi connectivity index (χ0) is 32.6. The molecule has 0 saturated carbocycles. The lowest BCUT2D eigenvalue weighted by molar-refractivity contribution is -0.298. The van der Waals surface area contributed by atoms with E-state index in [0.29, 0.717) is 17.8 Å². The van der Waals surface area contributed by atoms with E-state index in [0.717, 1.165) is 0 Å². The SMILES string of the molecule is C=C[C@H]1OC(=O)[C@H](C)C(=O)[C@H](C)[C@@H](O[C@@H]2O[C@H](C)C[C@H](N(C)C)[C@H]2OC(C)=O)[C@](C)(OC)C[C@@H](C)C2=C(C)C(=O)[C@@]1(C)O2. The summed E-state index contributed by atoms with van der Waals surface area (Å²) in [7, 11) is 5.30. The van der Waals surface area contributed by atoms with Crippen molar-refractivity contribution < 1.29 is 47.6 Å². The lowest BCUT2D eigenvalue weighted by Gasteiger charge is -2.47. The van der Waals surface area contributed by atoms with E-state index in [-0.39, 0.29) is 30.3 Å². The Hall–Kier alpha value is -2.60. The Morgan fingerprint density at radius 1 is 1.12 bits per heavy atom. The van der Waals surface area contributed by atoms with Crippen LogP contribution in [0.5, 0.6) is 0 Å². The van der Waals surface area contributed by atoms with Crippen LogP contribution < -0.4 is 0 Å². The van der Waals surface area contributed by atoms with E-state index < -0.39 is 65.4 Å². The Balaban J connectivity index is 2.14. The third-order valence-corrected chi connectivity index (χ3v) is 9.23. The number of esters is 2. The fraction of sp³-hybridized carbons (Fsp3) is 0.750. The first-order valence-electron chi connectivity index (χ1n) is 14.9. The Morgan fingerprint density at radius 3 is 2.28 bits per heavy atom. The molecule has 0 aromatic carbocycles. The number of likely N-dealkylation sites (N-methyl/N-ethyl adjacent to an activating group) is 1. The number of rotatable bonds is 6. The Bertz CT molecular complexity index is 1150. The minimum atomic E-state index is -1.53. The molecule has 242 valence electrons. The van der Waals surface area contributed by atoms with Gasteiger partial charge in [-0.25, -0.2) is 0 Å². The number of fused-ring (bicyclic) bond motifs is 2. The number of hydrogen-bond donors (Lipinski definition) is 0. The van der Waals surface area contributed by atoms with Crippen LogP contribution in [-0.2, 0) is 47.6 Å². The van der Waals surface area contributed by atoms with Gasteiger partial charge in [-0.1, -0.05) is 20.4 Å². The van der Waals surface area contributed by atoms with Crippen molar-refractivity contribution in [2.45, 2.75) is 116 Å². The maximum Gasteiger partial charge on any atom is 0.316 e. The quantitative estimate of drug-likeness (QED) is 0.251. The van der Waals surface area contributed by atoms with Crippen molar-refractivity contribution in [1.29, 1.82) is 0 Å². The van der Waals surface area contributed by atoms with Gasteiger partial charge in [0.25, 0.3) is 0 Å². The van der Waals surface area contributed by atoms with Crippen molar-refractivity contribution in [3.63, 3.8) is 0 Å². The number of hydrogen-bond acceptors (Lipinski definition) is 11. The minimum absolute atomic E-state index is 0.223. The third kappa shape index (κ3) is 6.74. The highest BCUT2D eigenvalue weighted by atomic mass is 16.7. The van der Waals surface area contributed by atoms with E-state index >= 15 is 0 Å². The monoisotopic (exact) mass is 607 g/mol. The number of cyclic esters (lactones) is 1. The molecule has 3 rings (SSSR count). The van der Waals surface area contributed by atoms with Gasteiger partial charge in [0.05, 0.1) is 23.9 Å². The molecule has 43 heavy (non-hydrogen) atoms. The zero-order valence-electron chi connectivity index (χ0n) is 27.4. The van der Waals surface area contributed by atoms with Gasteiger partial charge in [-0.3, -0.25) is 19.2 Å². The summed E-state index contributed by atoms with van der Waals surface area (Å²) in [4.78, 5) is 54.9. The number of carbonyl (C=O) groups is 4. The number of allylic oxidation sites excluding steroid dienone is 1. The lowest BCUT2D eigenvalue weighted by Crippen LogP contribution is -2.60. The van der Waals surface area contributed by atoms with Crippen LogP contribution in [-0.4, -0.2) is 97.6 Å². The average Bonchev–Trinajstić information content (AvgIpc) is 3.18. The highest BCUT2D eigenvalue weighted by Gasteiger charge is 2.55. The molecule has 11 nitrogen and oxygen atoms in total. The molecule has 3 aliphatic heterocycles. The first-order valence-corrected chi connectivity index (χ1v) is 14.9. The number of ether oxygens (including phenoxy) is 6. The standard InChI is InChI=1S/C32H49NO10/c1-13-23-32(9)27(36)20(6)25(43-32)16(2)15-31(8,38-12)28(18(4)24(35)19(5)29(37)41-23)42-30-26(40-21(7)34)22(33(10)11)14-17(3)39-30/h13,16-19,22-23,26,28,30H,1,14-15H2,2-12H3/t16-,17-,18+,19-,22+,23-,26-,28-,30+,31-,32+/m1/s1. The smallest absolute Gasteiger partial charge is 0.316 e. The molecule has 2 fully saturated rings. The first-order chi connectivity index (χ1) is 19.9. The molecule has 0 aromatic heterocycles. The molecular formula is C32H49NO10. The summed E-state index contributed by atoms with van der Waals surface area (Å²) in [5, 5.41) is 0. The van der Waals surface area contributed by atoms with Crippen LogP contribution >= 0.6 is 0 Å². The van der Waals surface area contributed by atoms with E-state index in [1.807, 2.05) is 39.8 Å². The van der Waals surface area contributed by atoms with E-state index in [1.165, 1.54) is 27.0 Å². The molecule has 0 radical (unpaired) electrons. The van der Waals surface area contributed by atoms with Crippen LogP contribution in [0.4, 0.5) is 0 Å². The van der Waals surface area contributed by atoms with Gasteiger partial charge >= 0.3 is 11.9 Å². The van der Waals surface area contributed by atoms with Crippen LogP contribution in [0.15, 0.2) is 24.0 Å². The fourth-order valence-corrected chi connectivity index (χ4v) is 6.67. The van der Waals surface area contributed by atoms with Gasteiger partial charge in [0.15, 0.2) is 24.3 Å². The summed E-state index contributed by atoms with van der Waals surface area (Å²) in [6.45, 7) is 17.1. The number of carbonyl (C=O) groups excluding carboxylic acids is 4.